The van der Waals surface area contributed by atoms with Crippen molar-refractivity contribution in [3.8, 4) is 0 Å². The number of rotatable bonds is 5. The van der Waals surface area contributed by atoms with E-state index in [1.54, 1.807) is 40.1 Å². The van der Waals surface area contributed by atoms with Gasteiger partial charge in [-0.25, -0.2) is 4.79 Å². The molecule has 1 atom stereocenters. The van der Waals surface area contributed by atoms with Gasteiger partial charge in [0.25, 0.3) is 0 Å². The number of aromatic amines is 1. The maximum atomic E-state index is 11.5. The van der Waals surface area contributed by atoms with E-state index in [2.05, 4.69) is 10.3 Å². The summed E-state index contributed by atoms with van der Waals surface area (Å²) in [4.78, 5) is 25.9. The molecule has 0 aromatic carbocycles. The Morgan fingerprint density at radius 3 is 2.65 bits per heavy atom. The van der Waals surface area contributed by atoms with Crippen LogP contribution in [0.2, 0.25) is 0 Å². The summed E-state index contributed by atoms with van der Waals surface area (Å²) in [5.74, 6) is -0.331. The van der Waals surface area contributed by atoms with E-state index >= 15 is 0 Å². The largest absolute Gasteiger partial charge is 0.463 e. The Bertz CT molecular complexity index is 435. The van der Waals surface area contributed by atoms with Crippen LogP contribution in [0.5, 0.6) is 0 Å². The molecule has 1 heterocycles. The minimum Gasteiger partial charge on any atom is -0.463 e. The summed E-state index contributed by atoms with van der Waals surface area (Å²) in [5, 5.41) is 2.61. The molecule has 0 radical (unpaired) electrons. The summed E-state index contributed by atoms with van der Waals surface area (Å²) in [5.41, 5.74) is 0.317. The first-order chi connectivity index (χ1) is 9.26. The summed E-state index contributed by atoms with van der Waals surface area (Å²) in [6, 6.07) is 1.50. The molecule has 2 N–H and O–H groups in total. The molecule has 0 bridgehead atoms. The number of alkyl carbamates (subject to hydrolysis) is 1. The first-order valence-electron chi connectivity index (χ1n) is 6.53. The lowest BCUT2D eigenvalue weighted by atomic mass is 10.2. The number of esters is 1. The molecular weight excluding hydrogens is 260 g/mol. The van der Waals surface area contributed by atoms with E-state index in [4.69, 9.17) is 9.47 Å². The molecule has 0 fully saturated rings. The van der Waals surface area contributed by atoms with Crippen molar-refractivity contribution >= 4 is 12.1 Å². The lowest BCUT2D eigenvalue weighted by Crippen LogP contribution is -2.40. The van der Waals surface area contributed by atoms with Crippen LogP contribution >= 0.6 is 0 Å². The minimum absolute atomic E-state index is 0.114. The molecule has 0 unspecified atom stereocenters. The van der Waals surface area contributed by atoms with Gasteiger partial charge < -0.3 is 19.8 Å². The van der Waals surface area contributed by atoms with Gasteiger partial charge >= 0.3 is 12.1 Å². The quantitative estimate of drug-likeness (QED) is 0.810. The van der Waals surface area contributed by atoms with Crippen molar-refractivity contribution in [1.29, 1.82) is 0 Å². The predicted molar refractivity (Wildman–Crippen MR) is 74.3 cm³/mol. The third-order valence-corrected chi connectivity index (χ3v) is 2.27. The first kappa shape index (κ1) is 16.1. The van der Waals surface area contributed by atoms with Crippen LogP contribution in [0, 0.1) is 0 Å². The van der Waals surface area contributed by atoms with Crippen LogP contribution in [-0.2, 0) is 20.7 Å². The third-order valence-electron chi connectivity index (χ3n) is 2.27. The molecule has 0 saturated carbocycles. The summed E-state index contributed by atoms with van der Waals surface area (Å²) in [6.45, 7) is 7.21. The highest BCUT2D eigenvalue weighted by Gasteiger charge is 2.18. The van der Waals surface area contributed by atoms with Crippen molar-refractivity contribution in [3.63, 3.8) is 0 Å². The Labute approximate surface area is 118 Å². The normalized spacial score (nSPS) is 12.6. The van der Waals surface area contributed by atoms with Gasteiger partial charge in [0.15, 0.2) is 0 Å². The fraction of sp³-hybridized carbons (Fsp3) is 0.571. The molecule has 1 rings (SSSR count). The second-order valence-corrected chi connectivity index (χ2v) is 5.63. The summed E-state index contributed by atoms with van der Waals surface area (Å²) in [6.07, 6.45) is 3.17. The average molecular weight is 282 g/mol. The van der Waals surface area contributed by atoms with E-state index in [9.17, 15) is 9.59 Å². The molecule has 1 aromatic heterocycles. The van der Waals surface area contributed by atoms with Gasteiger partial charge in [0.1, 0.15) is 12.2 Å². The van der Waals surface area contributed by atoms with Crippen molar-refractivity contribution in [1.82, 2.24) is 10.3 Å². The van der Waals surface area contributed by atoms with E-state index in [1.807, 2.05) is 6.07 Å². The van der Waals surface area contributed by atoms with E-state index in [-0.39, 0.29) is 25.0 Å². The van der Waals surface area contributed by atoms with Gasteiger partial charge in [-0.2, -0.15) is 0 Å². The summed E-state index contributed by atoms with van der Waals surface area (Å²) in [7, 11) is 0. The van der Waals surface area contributed by atoms with E-state index in [0.717, 1.165) is 5.56 Å². The van der Waals surface area contributed by atoms with Crippen molar-refractivity contribution in [3.05, 3.63) is 24.0 Å². The third kappa shape index (κ3) is 6.82. The predicted octanol–water partition coefficient (Wildman–Crippen LogP) is 2.01. The number of hydrogen-bond donors (Lipinski definition) is 2. The van der Waals surface area contributed by atoms with E-state index in [0.29, 0.717) is 0 Å². The van der Waals surface area contributed by atoms with Gasteiger partial charge in [-0.05, 0) is 39.3 Å². The first-order valence-corrected chi connectivity index (χ1v) is 6.53. The highest BCUT2D eigenvalue weighted by Crippen LogP contribution is 2.06. The van der Waals surface area contributed by atoms with Gasteiger partial charge in [0.05, 0.1) is 12.5 Å². The monoisotopic (exact) mass is 282 g/mol. The van der Waals surface area contributed by atoms with Crippen LogP contribution in [0.3, 0.4) is 0 Å². The molecule has 0 saturated heterocycles. The van der Waals surface area contributed by atoms with Gasteiger partial charge in [0.2, 0.25) is 0 Å². The molecule has 6 nitrogen and oxygen atoms in total. The van der Waals surface area contributed by atoms with Crippen molar-refractivity contribution < 1.29 is 19.1 Å². The lowest BCUT2D eigenvalue weighted by molar-refractivity contribution is -0.143. The van der Waals surface area contributed by atoms with Crippen molar-refractivity contribution in [2.24, 2.45) is 0 Å². The molecule has 20 heavy (non-hydrogen) atoms. The Hall–Kier alpha value is -1.98. The van der Waals surface area contributed by atoms with Crippen LogP contribution in [0.25, 0.3) is 0 Å². The Kier molecular flexibility index (Phi) is 5.61. The molecule has 1 amide bonds. The van der Waals surface area contributed by atoms with Gasteiger partial charge in [-0.15, -0.1) is 0 Å². The van der Waals surface area contributed by atoms with Gasteiger partial charge in [-0.1, -0.05) is 0 Å². The molecule has 0 spiro atoms. The number of carbonyl (C=O) groups is 2. The molecule has 1 aromatic rings. The molecule has 0 aliphatic carbocycles. The average Bonchev–Trinajstić information content (AvgIpc) is 2.76. The summed E-state index contributed by atoms with van der Waals surface area (Å²) < 4.78 is 10.2. The molecule has 6 heteroatoms. The summed E-state index contributed by atoms with van der Waals surface area (Å²) >= 11 is 0. The number of ether oxygens (including phenoxy) is 2. The lowest BCUT2D eigenvalue weighted by Gasteiger charge is -2.21. The standard InChI is InChI=1S/C14H22N2O4/c1-10(16-13(18)20-14(2,3)4)9-19-12(17)7-11-5-6-15-8-11/h5-6,8,10,15H,7,9H2,1-4H3,(H,16,18)/t10-/m0/s1. The maximum Gasteiger partial charge on any atom is 0.407 e. The number of carbonyl (C=O) groups excluding carboxylic acids is 2. The van der Waals surface area contributed by atoms with Crippen molar-refractivity contribution in [2.75, 3.05) is 6.61 Å². The minimum atomic E-state index is -0.547. The van der Waals surface area contributed by atoms with E-state index < -0.39 is 11.7 Å². The van der Waals surface area contributed by atoms with Gasteiger partial charge in [-0.3, -0.25) is 4.79 Å². The maximum absolute atomic E-state index is 11.5. The SMILES string of the molecule is C[C@@H](COC(=O)Cc1cc[nH]c1)NC(=O)OC(C)(C)C. The Balaban J connectivity index is 2.24. The van der Waals surface area contributed by atoms with Crippen LogP contribution < -0.4 is 5.32 Å². The Morgan fingerprint density at radius 2 is 2.10 bits per heavy atom. The van der Waals surface area contributed by atoms with Crippen LogP contribution in [0.4, 0.5) is 4.79 Å². The Morgan fingerprint density at radius 1 is 1.40 bits per heavy atom. The van der Waals surface area contributed by atoms with Gasteiger partial charge in [0, 0.05) is 12.4 Å². The zero-order chi connectivity index (χ0) is 15.2. The zero-order valence-corrected chi connectivity index (χ0v) is 12.4. The number of nitrogens with one attached hydrogen (secondary N) is 2. The molecular formula is C14H22N2O4. The second kappa shape index (κ2) is 6.98. The van der Waals surface area contributed by atoms with Crippen LogP contribution in [0.1, 0.15) is 33.3 Å². The second-order valence-electron chi connectivity index (χ2n) is 5.63. The van der Waals surface area contributed by atoms with Crippen LogP contribution in [-0.4, -0.2) is 35.3 Å². The topological polar surface area (TPSA) is 80.4 Å². The molecule has 112 valence electrons. The smallest absolute Gasteiger partial charge is 0.407 e. The highest BCUT2D eigenvalue weighted by molar-refractivity contribution is 5.72. The zero-order valence-electron chi connectivity index (χ0n) is 12.4. The molecule has 0 aliphatic rings. The number of H-pyrrole nitrogens is 1. The number of hydrogen-bond acceptors (Lipinski definition) is 4. The molecule has 0 aliphatic heterocycles. The van der Waals surface area contributed by atoms with Crippen molar-refractivity contribution in [2.45, 2.75) is 45.8 Å². The van der Waals surface area contributed by atoms with Crippen LogP contribution in [0.15, 0.2) is 18.5 Å². The fourth-order valence-corrected chi connectivity index (χ4v) is 1.45. The van der Waals surface area contributed by atoms with E-state index in [1.165, 1.54) is 0 Å². The number of amides is 1. The number of aromatic nitrogens is 1. The highest BCUT2D eigenvalue weighted by atomic mass is 16.6. The fourth-order valence-electron chi connectivity index (χ4n) is 1.45.